The molecule has 39 heavy (non-hydrogen) atoms. The normalized spacial score (nSPS) is 19.4. The molecule has 11 nitrogen and oxygen atoms in total. The molecule has 3 aliphatic rings. The van der Waals surface area contributed by atoms with Crippen molar-refractivity contribution in [3.05, 3.63) is 71.0 Å². The number of H-pyrrole nitrogens is 1. The average molecular weight is 542 g/mol. The van der Waals surface area contributed by atoms with Crippen molar-refractivity contribution in [1.82, 2.24) is 25.7 Å². The van der Waals surface area contributed by atoms with Crippen LogP contribution in [0.4, 0.5) is 8.78 Å². The molecule has 6 rings (SSSR count). The molecule has 3 N–H and O–H groups in total. The minimum absolute atomic E-state index is 0.0577. The van der Waals surface area contributed by atoms with Crippen LogP contribution < -0.4 is 24.8 Å². The van der Waals surface area contributed by atoms with Crippen LogP contribution >= 0.6 is 0 Å². The molecule has 0 spiro atoms. The van der Waals surface area contributed by atoms with E-state index in [0.717, 1.165) is 11.6 Å². The van der Waals surface area contributed by atoms with E-state index >= 15 is 0 Å². The maximum absolute atomic E-state index is 13.2. The van der Waals surface area contributed by atoms with Gasteiger partial charge in [0, 0.05) is 18.7 Å². The van der Waals surface area contributed by atoms with Gasteiger partial charge >= 0.3 is 0 Å². The Morgan fingerprint density at radius 2 is 1.92 bits per heavy atom. The van der Waals surface area contributed by atoms with E-state index in [-0.39, 0.29) is 49.2 Å². The molecule has 3 aliphatic heterocycles. The standard InChI is InChI=1S/C26H25F2N5O6/c1-37-20-7-4-15-8-21(20)38-13-23(34)29-10-14-2-5-16(6-3-14)39-22-12-33(11-19(22)30-25(15)35)26(36)18-9-17(24(27)28)31-32-18/h2-9,19,22,24H,10-13H2,1H3,(H,29,34)(H,30,35)(H,31,32)/t19-,22-/m0/s1. The lowest BCUT2D eigenvalue weighted by molar-refractivity contribution is -0.123. The van der Waals surface area contributed by atoms with Crippen LogP contribution in [0.3, 0.4) is 0 Å². The smallest absolute Gasteiger partial charge is 0.279 e. The third kappa shape index (κ3) is 5.76. The average Bonchev–Trinajstić information content (AvgIpc) is 3.58. The number of ether oxygens (including phenoxy) is 3. The van der Waals surface area contributed by atoms with Crippen molar-refractivity contribution in [1.29, 1.82) is 0 Å². The number of aromatic nitrogens is 2. The Balaban J connectivity index is 1.43. The zero-order valence-electron chi connectivity index (χ0n) is 20.8. The Hall–Kier alpha value is -4.68. The van der Waals surface area contributed by atoms with E-state index < -0.39 is 36.1 Å². The summed E-state index contributed by atoms with van der Waals surface area (Å²) in [6.45, 7) is 0.112. The fraction of sp³-hybridized carbons (Fsp3) is 0.308. The maximum Gasteiger partial charge on any atom is 0.279 e. The molecule has 1 aromatic heterocycles. The van der Waals surface area contributed by atoms with Crippen molar-refractivity contribution in [3.63, 3.8) is 0 Å². The second kappa shape index (κ2) is 11.0. The van der Waals surface area contributed by atoms with Gasteiger partial charge in [-0.2, -0.15) is 5.10 Å². The molecule has 13 heteroatoms. The number of hydrogen-bond donors (Lipinski definition) is 3. The van der Waals surface area contributed by atoms with Crippen LogP contribution in [0.1, 0.15) is 38.5 Å². The van der Waals surface area contributed by atoms with Gasteiger partial charge in [0.1, 0.15) is 17.5 Å². The number of methoxy groups -OCH3 is 1. The number of aromatic amines is 1. The highest BCUT2D eigenvalue weighted by Crippen LogP contribution is 2.29. The Morgan fingerprint density at radius 1 is 1.13 bits per heavy atom. The molecule has 4 bridgehead atoms. The predicted molar refractivity (Wildman–Crippen MR) is 132 cm³/mol. The number of alkyl halides is 2. The SMILES string of the molecule is COc1ccc2cc1OCC(=O)NCc1ccc(cc1)O[C@H]1CN(C(=O)c3cc(C(F)F)[nH]n3)C[C@@H]1NC2=O. The summed E-state index contributed by atoms with van der Waals surface area (Å²) in [6, 6.07) is 11.9. The number of carbonyl (C=O) groups is 3. The molecule has 0 saturated carbocycles. The summed E-state index contributed by atoms with van der Waals surface area (Å²) in [5.41, 5.74) is 0.434. The van der Waals surface area contributed by atoms with Gasteiger partial charge in [-0.3, -0.25) is 19.5 Å². The minimum atomic E-state index is -2.80. The molecule has 1 fully saturated rings. The zero-order valence-corrected chi connectivity index (χ0v) is 20.8. The van der Waals surface area contributed by atoms with Crippen LogP contribution in [-0.4, -0.2) is 71.8 Å². The second-order valence-corrected chi connectivity index (χ2v) is 9.03. The van der Waals surface area contributed by atoms with Gasteiger partial charge in [-0.1, -0.05) is 12.1 Å². The van der Waals surface area contributed by atoms with Gasteiger partial charge in [-0.05, 0) is 42.0 Å². The third-order valence-electron chi connectivity index (χ3n) is 6.41. The number of rotatable bonds is 3. The van der Waals surface area contributed by atoms with E-state index in [1.54, 1.807) is 30.3 Å². The molecule has 2 aromatic carbocycles. The second-order valence-electron chi connectivity index (χ2n) is 9.03. The fourth-order valence-corrected chi connectivity index (χ4v) is 4.36. The first-order valence-electron chi connectivity index (χ1n) is 12.1. The Kier molecular flexibility index (Phi) is 7.30. The Bertz CT molecular complexity index is 1380. The molecular formula is C26H25F2N5O6. The number of carbonyl (C=O) groups excluding carboxylic acids is 3. The molecular weight excluding hydrogens is 516 g/mol. The summed E-state index contributed by atoms with van der Waals surface area (Å²) in [7, 11) is 1.44. The molecule has 3 amide bonds. The van der Waals surface area contributed by atoms with Gasteiger partial charge in [-0.25, -0.2) is 8.78 Å². The molecule has 204 valence electrons. The van der Waals surface area contributed by atoms with Crippen molar-refractivity contribution in [3.8, 4) is 17.2 Å². The minimum Gasteiger partial charge on any atom is -0.493 e. The van der Waals surface area contributed by atoms with Gasteiger partial charge in [0.2, 0.25) is 0 Å². The number of hydrogen-bond acceptors (Lipinski definition) is 7. The molecule has 1 saturated heterocycles. The van der Waals surface area contributed by atoms with Crippen LogP contribution in [-0.2, 0) is 11.3 Å². The quantitative estimate of drug-likeness (QED) is 0.462. The number of nitrogens with zero attached hydrogens (tertiary/aromatic N) is 2. The zero-order chi connectivity index (χ0) is 27.5. The molecule has 3 aromatic rings. The Morgan fingerprint density at radius 3 is 2.64 bits per heavy atom. The first-order chi connectivity index (χ1) is 18.8. The first kappa shape index (κ1) is 25.9. The van der Waals surface area contributed by atoms with Crippen molar-refractivity contribution in [2.24, 2.45) is 0 Å². The number of halogens is 2. The fourth-order valence-electron chi connectivity index (χ4n) is 4.36. The summed E-state index contributed by atoms with van der Waals surface area (Å²) in [6.07, 6.45) is -3.45. The number of benzene rings is 2. The Labute approximate surface area is 221 Å². The summed E-state index contributed by atoms with van der Waals surface area (Å²) in [5.74, 6) is -0.362. The van der Waals surface area contributed by atoms with Crippen molar-refractivity contribution >= 4 is 17.7 Å². The number of nitrogens with one attached hydrogen (secondary N) is 3. The summed E-state index contributed by atoms with van der Waals surface area (Å²) >= 11 is 0. The van der Waals surface area contributed by atoms with E-state index in [9.17, 15) is 23.2 Å². The summed E-state index contributed by atoms with van der Waals surface area (Å²) in [4.78, 5) is 40.0. The lowest BCUT2D eigenvalue weighted by Crippen LogP contribution is -2.45. The van der Waals surface area contributed by atoms with E-state index in [2.05, 4.69) is 20.8 Å². The van der Waals surface area contributed by atoms with Crippen LogP contribution in [0, 0.1) is 0 Å². The molecule has 4 heterocycles. The lowest BCUT2D eigenvalue weighted by atomic mass is 10.1. The van der Waals surface area contributed by atoms with E-state index in [1.165, 1.54) is 24.1 Å². The monoisotopic (exact) mass is 541 g/mol. The number of fused-ring (bicyclic) bond motifs is 7. The number of likely N-dealkylation sites (tertiary alicyclic amines) is 1. The summed E-state index contributed by atoms with van der Waals surface area (Å²) < 4.78 is 43.1. The maximum atomic E-state index is 13.2. The van der Waals surface area contributed by atoms with E-state index in [1.807, 2.05) is 0 Å². The van der Waals surface area contributed by atoms with Gasteiger partial charge < -0.3 is 29.7 Å². The molecule has 2 atom stereocenters. The topological polar surface area (TPSA) is 135 Å². The van der Waals surface area contributed by atoms with Gasteiger partial charge in [0.25, 0.3) is 24.1 Å². The van der Waals surface area contributed by atoms with Crippen molar-refractivity contribution in [2.45, 2.75) is 25.1 Å². The summed E-state index contributed by atoms with van der Waals surface area (Å²) in [5, 5.41) is 11.5. The van der Waals surface area contributed by atoms with Crippen LogP contribution in [0.2, 0.25) is 0 Å². The van der Waals surface area contributed by atoms with Crippen LogP contribution in [0.15, 0.2) is 48.5 Å². The highest BCUT2D eigenvalue weighted by Gasteiger charge is 2.39. The van der Waals surface area contributed by atoms with Crippen LogP contribution in [0.5, 0.6) is 17.2 Å². The first-order valence-corrected chi connectivity index (χ1v) is 12.1. The third-order valence-corrected chi connectivity index (χ3v) is 6.41. The predicted octanol–water partition coefficient (Wildman–Crippen LogP) is 2.07. The van der Waals surface area contributed by atoms with Gasteiger partial charge in [0.15, 0.2) is 23.8 Å². The van der Waals surface area contributed by atoms with Gasteiger partial charge in [-0.15, -0.1) is 0 Å². The van der Waals surface area contributed by atoms with E-state index in [4.69, 9.17) is 14.2 Å². The highest BCUT2D eigenvalue weighted by molar-refractivity contribution is 5.96. The van der Waals surface area contributed by atoms with Crippen molar-refractivity contribution < 1.29 is 37.4 Å². The van der Waals surface area contributed by atoms with E-state index in [0.29, 0.717) is 11.5 Å². The highest BCUT2D eigenvalue weighted by atomic mass is 19.3. The molecule has 0 radical (unpaired) electrons. The number of amides is 3. The van der Waals surface area contributed by atoms with Crippen molar-refractivity contribution in [2.75, 3.05) is 26.8 Å². The van der Waals surface area contributed by atoms with Gasteiger partial charge in [0.05, 0.1) is 19.7 Å². The largest absolute Gasteiger partial charge is 0.493 e. The lowest BCUT2D eigenvalue weighted by Gasteiger charge is -2.21. The molecule has 0 aliphatic carbocycles. The molecule has 0 unspecified atom stereocenters. The van der Waals surface area contributed by atoms with Crippen LogP contribution in [0.25, 0.3) is 0 Å².